The van der Waals surface area contributed by atoms with E-state index in [1.54, 1.807) is 8.61 Å². The molecule has 0 radical (unpaired) electrons. The van der Waals surface area contributed by atoms with Crippen LogP contribution < -0.4 is 5.32 Å². The van der Waals surface area contributed by atoms with Crippen molar-refractivity contribution in [2.45, 2.75) is 58.3 Å². The highest BCUT2D eigenvalue weighted by Crippen LogP contribution is 2.24. The molecule has 0 aliphatic carbocycles. The lowest BCUT2D eigenvalue weighted by atomic mass is 10.1. The van der Waals surface area contributed by atoms with Gasteiger partial charge in [0.05, 0.1) is 12.2 Å². The van der Waals surface area contributed by atoms with Crippen LogP contribution in [0.4, 0.5) is 0 Å². The first-order chi connectivity index (χ1) is 9.95. The first kappa shape index (κ1) is 17.1. The molecule has 7 heteroatoms. The molecule has 124 valence electrons. The van der Waals surface area contributed by atoms with Gasteiger partial charge in [-0.2, -0.15) is 17.0 Å². The Morgan fingerprint density at radius 1 is 1.19 bits per heavy atom. The summed E-state index contributed by atoms with van der Waals surface area (Å²) in [5, 5.41) is 3.29. The molecule has 6 nitrogen and oxygen atoms in total. The second-order valence-corrected chi connectivity index (χ2v) is 8.03. The number of nitrogens with zero attached hydrogens (tertiary/aromatic N) is 2. The Balaban J connectivity index is 2.11. The number of piperidine rings is 1. The van der Waals surface area contributed by atoms with Crippen LogP contribution in [0.5, 0.6) is 0 Å². The van der Waals surface area contributed by atoms with Crippen LogP contribution in [0, 0.1) is 0 Å². The third-order valence-electron chi connectivity index (χ3n) is 4.21. The predicted octanol–water partition coefficient (Wildman–Crippen LogP) is 0.804. The van der Waals surface area contributed by atoms with Gasteiger partial charge in [0, 0.05) is 32.2 Å². The molecule has 2 aliphatic rings. The van der Waals surface area contributed by atoms with Gasteiger partial charge in [-0.25, -0.2) is 0 Å². The van der Waals surface area contributed by atoms with Crippen molar-refractivity contribution in [1.82, 2.24) is 13.9 Å². The van der Waals surface area contributed by atoms with E-state index in [-0.39, 0.29) is 18.2 Å². The van der Waals surface area contributed by atoms with E-state index in [4.69, 9.17) is 4.74 Å². The van der Waals surface area contributed by atoms with Crippen LogP contribution in [-0.2, 0) is 14.9 Å². The average molecular weight is 319 g/mol. The van der Waals surface area contributed by atoms with Gasteiger partial charge in [0.15, 0.2) is 0 Å². The second kappa shape index (κ2) is 7.37. The molecule has 0 saturated carbocycles. The first-order valence-electron chi connectivity index (χ1n) is 8.08. The minimum atomic E-state index is -3.38. The van der Waals surface area contributed by atoms with Crippen molar-refractivity contribution in [3.8, 4) is 0 Å². The van der Waals surface area contributed by atoms with E-state index in [0.717, 1.165) is 32.4 Å². The Bertz CT molecular complexity index is 419. The Morgan fingerprint density at radius 2 is 1.86 bits per heavy atom. The molecule has 2 rings (SSSR count). The van der Waals surface area contributed by atoms with Crippen molar-refractivity contribution in [2.75, 3.05) is 32.7 Å². The summed E-state index contributed by atoms with van der Waals surface area (Å²) in [6.45, 7) is 9.08. The smallest absolute Gasteiger partial charge is 0.282 e. The Hall–Kier alpha value is -0.210. The van der Waals surface area contributed by atoms with Crippen molar-refractivity contribution in [1.29, 1.82) is 0 Å². The van der Waals surface area contributed by atoms with Crippen molar-refractivity contribution in [2.24, 2.45) is 0 Å². The topological polar surface area (TPSA) is 61.9 Å². The van der Waals surface area contributed by atoms with Crippen molar-refractivity contribution in [3.05, 3.63) is 0 Å². The number of likely N-dealkylation sites (N-methyl/N-ethyl adjacent to an activating group) is 1. The number of rotatable bonds is 5. The van der Waals surface area contributed by atoms with E-state index >= 15 is 0 Å². The molecule has 0 aromatic carbocycles. The van der Waals surface area contributed by atoms with Gasteiger partial charge in [0.1, 0.15) is 0 Å². The standard InChI is InChI=1S/C14H29N3O3S/c1-4-15-9-14-7-5-6-8-17(14)21(18,19)16-10-12(2)20-13(3)11-16/h12-15H,4-11H2,1-3H3/t12-,13+,14?. The lowest BCUT2D eigenvalue weighted by molar-refractivity contribution is -0.0459. The summed E-state index contributed by atoms with van der Waals surface area (Å²) in [5.41, 5.74) is 0. The zero-order chi connectivity index (χ0) is 15.5. The van der Waals surface area contributed by atoms with Crippen molar-refractivity contribution < 1.29 is 13.2 Å². The van der Waals surface area contributed by atoms with E-state index in [1.165, 1.54) is 0 Å². The monoisotopic (exact) mass is 319 g/mol. The zero-order valence-electron chi connectivity index (χ0n) is 13.4. The summed E-state index contributed by atoms with van der Waals surface area (Å²) < 4.78 is 34.9. The highest BCUT2D eigenvalue weighted by atomic mass is 32.2. The van der Waals surface area contributed by atoms with E-state index in [1.807, 2.05) is 20.8 Å². The maximum absolute atomic E-state index is 13.0. The summed E-state index contributed by atoms with van der Waals surface area (Å²) in [6.07, 6.45) is 2.93. The molecule has 21 heavy (non-hydrogen) atoms. The van der Waals surface area contributed by atoms with Crippen LogP contribution in [0.3, 0.4) is 0 Å². The van der Waals surface area contributed by atoms with Gasteiger partial charge in [-0.1, -0.05) is 13.3 Å². The van der Waals surface area contributed by atoms with E-state index in [2.05, 4.69) is 5.32 Å². The van der Waals surface area contributed by atoms with E-state index in [0.29, 0.717) is 19.6 Å². The summed E-state index contributed by atoms with van der Waals surface area (Å²) in [5.74, 6) is 0. The maximum atomic E-state index is 13.0. The number of hydrogen-bond donors (Lipinski definition) is 1. The highest BCUT2D eigenvalue weighted by Gasteiger charge is 2.39. The van der Waals surface area contributed by atoms with Gasteiger partial charge < -0.3 is 10.1 Å². The Morgan fingerprint density at radius 3 is 2.48 bits per heavy atom. The molecule has 2 heterocycles. The largest absolute Gasteiger partial charge is 0.373 e. The van der Waals surface area contributed by atoms with Crippen molar-refractivity contribution >= 4 is 10.2 Å². The van der Waals surface area contributed by atoms with Crippen LogP contribution >= 0.6 is 0 Å². The molecule has 1 unspecified atom stereocenters. The van der Waals surface area contributed by atoms with Gasteiger partial charge >= 0.3 is 0 Å². The Labute approximate surface area is 129 Å². The quantitative estimate of drug-likeness (QED) is 0.814. The van der Waals surface area contributed by atoms with Gasteiger partial charge in [0.2, 0.25) is 0 Å². The summed E-state index contributed by atoms with van der Waals surface area (Å²) in [6, 6.07) is 0.0807. The molecule has 0 bridgehead atoms. The molecule has 0 spiro atoms. The molecule has 3 atom stereocenters. The molecule has 0 amide bonds. The molecular weight excluding hydrogens is 290 g/mol. The van der Waals surface area contributed by atoms with Crippen LogP contribution in [0.25, 0.3) is 0 Å². The third-order valence-corrected chi connectivity index (χ3v) is 6.24. The minimum absolute atomic E-state index is 0.0412. The molecule has 2 fully saturated rings. The van der Waals surface area contributed by atoms with Gasteiger partial charge in [-0.3, -0.25) is 0 Å². The second-order valence-electron chi connectivity index (χ2n) is 6.15. The van der Waals surface area contributed by atoms with Crippen LogP contribution in [0.15, 0.2) is 0 Å². The molecule has 0 aromatic heterocycles. The average Bonchev–Trinajstić information content (AvgIpc) is 2.44. The number of hydrogen-bond acceptors (Lipinski definition) is 4. The Kier molecular flexibility index (Phi) is 6.02. The molecule has 2 saturated heterocycles. The predicted molar refractivity (Wildman–Crippen MR) is 83.4 cm³/mol. The number of nitrogens with one attached hydrogen (secondary N) is 1. The van der Waals surface area contributed by atoms with Gasteiger partial charge in [-0.05, 0) is 33.2 Å². The fourth-order valence-corrected chi connectivity index (χ4v) is 5.27. The number of morpholine rings is 1. The third kappa shape index (κ3) is 4.16. The van der Waals surface area contributed by atoms with Crippen LogP contribution in [0.2, 0.25) is 0 Å². The summed E-state index contributed by atoms with van der Waals surface area (Å²) in [4.78, 5) is 0. The zero-order valence-corrected chi connectivity index (χ0v) is 14.2. The normalized spacial score (nSPS) is 33.2. The van der Waals surface area contributed by atoms with E-state index in [9.17, 15) is 8.42 Å². The summed E-state index contributed by atoms with van der Waals surface area (Å²) in [7, 11) is -3.38. The minimum Gasteiger partial charge on any atom is -0.373 e. The van der Waals surface area contributed by atoms with Crippen LogP contribution in [0.1, 0.15) is 40.0 Å². The van der Waals surface area contributed by atoms with Gasteiger partial charge in [-0.15, -0.1) is 0 Å². The number of ether oxygens (including phenoxy) is 1. The lowest BCUT2D eigenvalue weighted by Crippen LogP contribution is -2.57. The molecule has 2 aliphatic heterocycles. The molecule has 0 aromatic rings. The fourth-order valence-electron chi connectivity index (χ4n) is 3.26. The highest BCUT2D eigenvalue weighted by molar-refractivity contribution is 7.86. The molecular formula is C14H29N3O3S. The van der Waals surface area contributed by atoms with Gasteiger partial charge in [0.25, 0.3) is 10.2 Å². The maximum Gasteiger partial charge on any atom is 0.282 e. The SMILES string of the molecule is CCNCC1CCCCN1S(=O)(=O)N1C[C@@H](C)O[C@@H](C)C1. The van der Waals surface area contributed by atoms with Crippen molar-refractivity contribution in [3.63, 3.8) is 0 Å². The van der Waals surface area contributed by atoms with E-state index < -0.39 is 10.2 Å². The lowest BCUT2D eigenvalue weighted by Gasteiger charge is -2.41. The summed E-state index contributed by atoms with van der Waals surface area (Å²) >= 11 is 0. The first-order valence-corrected chi connectivity index (χ1v) is 9.48. The van der Waals surface area contributed by atoms with Crippen LogP contribution in [-0.4, -0.2) is 68.0 Å². The fraction of sp³-hybridized carbons (Fsp3) is 1.00. The molecule has 1 N–H and O–H groups in total.